The summed E-state index contributed by atoms with van der Waals surface area (Å²) in [5.41, 5.74) is 9.61. The number of sulfonamides is 1. The highest BCUT2D eigenvalue weighted by molar-refractivity contribution is 7.90. The Labute approximate surface area is 257 Å². The Morgan fingerprint density at radius 3 is 2.67 bits per heavy atom. The molecule has 0 spiro atoms. The van der Waals surface area contributed by atoms with Crippen LogP contribution in [-0.2, 0) is 21.3 Å². The first kappa shape index (κ1) is 31.2. The topological polar surface area (TPSA) is 133 Å². The van der Waals surface area contributed by atoms with E-state index in [0.29, 0.717) is 25.6 Å². The molecule has 3 N–H and O–H groups in total. The molecule has 43 heavy (non-hydrogen) atoms. The maximum atomic E-state index is 13.2. The molecular weight excluding hydrogens is 592 g/mol. The van der Waals surface area contributed by atoms with Crippen molar-refractivity contribution in [2.24, 2.45) is 5.73 Å². The average molecular weight is 631 g/mol. The van der Waals surface area contributed by atoms with Gasteiger partial charge < -0.3 is 19.8 Å². The average Bonchev–Trinajstić information content (AvgIpc) is 3.29. The molecule has 0 radical (unpaired) electrons. The van der Waals surface area contributed by atoms with E-state index in [4.69, 9.17) is 26.8 Å². The van der Waals surface area contributed by atoms with Gasteiger partial charge >= 0.3 is 6.09 Å². The molecule has 1 fully saturated rings. The van der Waals surface area contributed by atoms with Crippen LogP contribution < -0.4 is 15.2 Å². The summed E-state index contributed by atoms with van der Waals surface area (Å²) in [7, 11) is -1.87. The number of halogens is 1. The molecule has 2 heterocycles. The Balaban J connectivity index is 1.64. The van der Waals surface area contributed by atoms with E-state index < -0.39 is 22.0 Å². The van der Waals surface area contributed by atoms with Gasteiger partial charge in [0.25, 0.3) is 5.91 Å². The number of benzene rings is 2. The van der Waals surface area contributed by atoms with E-state index in [1.54, 1.807) is 12.1 Å². The number of hydrogen-bond donors (Lipinski definition) is 2. The fraction of sp³-hybridized carbons (Fsp3) is 0.484. The van der Waals surface area contributed by atoms with Crippen LogP contribution in [0.2, 0.25) is 0 Å². The highest BCUT2D eigenvalue weighted by atomic mass is 35.5. The third-order valence-corrected chi connectivity index (χ3v) is 10.0. The van der Waals surface area contributed by atoms with Gasteiger partial charge in [0.2, 0.25) is 10.0 Å². The maximum Gasteiger partial charge on any atom is 0.404 e. The summed E-state index contributed by atoms with van der Waals surface area (Å²) >= 11 is 5.68. The molecule has 3 aromatic rings. The minimum absolute atomic E-state index is 0.105. The Kier molecular flexibility index (Phi) is 9.83. The van der Waals surface area contributed by atoms with Crippen LogP contribution in [0.1, 0.15) is 60.4 Å². The van der Waals surface area contributed by atoms with Crippen LogP contribution in [-0.4, -0.2) is 74.4 Å². The normalized spacial score (nSPS) is 17.4. The van der Waals surface area contributed by atoms with E-state index in [2.05, 4.69) is 20.3 Å². The largest absolute Gasteiger partial charge is 0.491 e. The molecule has 1 aromatic heterocycles. The van der Waals surface area contributed by atoms with Gasteiger partial charge in [-0.25, -0.2) is 17.9 Å². The Bertz CT molecular complexity index is 1580. The van der Waals surface area contributed by atoms with Gasteiger partial charge in [0, 0.05) is 41.0 Å². The van der Waals surface area contributed by atoms with Crippen molar-refractivity contribution < 1.29 is 27.5 Å². The van der Waals surface area contributed by atoms with Crippen molar-refractivity contribution in [3.8, 4) is 17.0 Å². The number of aromatic nitrogens is 1. The van der Waals surface area contributed by atoms with E-state index in [1.165, 1.54) is 12.0 Å². The highest BCUT2D eigenvalue weighted by Gasteiger charge is 2.32. The number of carbonyl (C=O) groups is 2. The number of primary amides is 1. The summed E-state index contributed by atoms with van der Waals surface area (Å²) in [6.07, 6.45) is 5.10. The van der Waals surface area contributed by atoms with Gasteiger partial charge in [-0.3, -0.25) is 9.69 Å². The lowest BCUT2D eigenvalue weighted by atomic mass is 9.81. The SMILES string of the molecule is CN(CCOC(N)=O)[C@H]1COc2ccccc2-c2c(C3CCCCC3)c3ccc(C(=O)NS(=O)(=O)CCCCl)cc3n2C1. The number of ether oxygens (including phenoxy) is 2. The molecule has 1 atom stereocenters. The fourth-order valence-corrected chi connectivity index (χ4v) is 7.59. The molecule has 232 valence electrons. The number of likely N-dealkylation sites (N-methyl/N-ethyl adjacent to an activating group) is 1. The second-order valence-corrected chi connectivity index (χ2v) is 13.6. The van der Waals surface area contributed by atoms with E-state index in [1.807, 2.05) is 31.3 Å². The van der Waals surface area contributed by atoms with Crippen molar-refractivity contribution in [2.75, 3.05) is 38.4 Å². The molecular formula is C31H39ClN4O6S. The van der Waals surface area contributed by atoms with Crippen LogP contribution in [0, 0.1) is 0 Å². The number of fused-ring (bicyclic) bond motifs is 5. The van der Waals surface area contributed by atoms with Gasteiger partial charge in [-0.1, -0.05) is 37.5 Å². The number of alkyl halides is 1. The number of nitrogens with two attached hydrogens (primary N) is 1. The van der Waals surface area contributed by atoms with Crippen LogP contribution in [0.15, 0.2) is 42.5 Å². The molecule has 1 saturated carbocycles. The van der Waals surface area contributed by atoms with Gasteiger partial charge in [-0.05, 0) is 62.1 Å². The number of para-hydroxylation sites is 1. The molecule has 2 aliphatic rings. The summed E-state index contributed by atoms with van der Waals surface area (Å²) in [6, 6.07) is 13.4. The minimum atomic E-state index is -3.82. The fourth-order valence-electron chi connectivity index (χ4n) is 6.27. The summed E-state index contributed by atoms with van der Waals surface area (Å²) in [4.78, 5) is 26.4. The standard InChI is InChI=1S/C31H39ClN4O6S/c1-35(15-16-41-31(33)38)23-19-36-26-18-22(30(37)34-43(39,40)17-7-14-32)12-13-24(26)28(21-8-3-2-4-9-21)29(36)25-10-5-6-11-27(25)42-20-23/h5-6,10-13,18,21,23H,2-4,7-9,14-17,19-20H2,1H3,(H2,33,38)(H,34,37)/t23-/m1/s1. The van der Waals surface area contributed by atoms with Gasteiger partial charge in [-0.2, -0.15) is 0 Å². The van der Waals surface area contributed by atoms with E-state index in [9.17, 15) is 18.0 Å². The molecule has 2 amide bonds. The molecule has 5 rings (SSSR count). The molecule has 0 unspecified atom stereocenters. The molecule has 1 aliphatic heterocycles. The Morgan fingerprint density at radius 1 is 1.16 bits per heavy atom. The second-order valence-electron chi connectivity index (χ2n) is 11.3. The predicted molar refractivity (Wildman–Crippen MR) is 167 cm³/mol. The number of nitrogens with zero attached hydrogens (tertiary/aromatic N) is 2. The van der Waals surface area contributed by atoms with Crippen LogP contribution in [0.5, 0.6) is 5.75 Å². The van der Waals surface area contributed by atoms with Crippen molar-refractivity contribution in [3.63, 3.8) is 0 Å². The van der Waals surface area contributed by atoms with E-state index >= 15 is 0 Å². The first-order valence-corrected chi connectivity index (χ1v) is 17.0. The number of hydrogen-bond acceptors (Lipinski definition) is 7. The van der Waals surface area contributed by atoms with Crippen molar-refractivity contribution in [1.29, 1.82) is 0 Å². The smallest absolute Gasteiger partial charge is 0.404 e. The van der Waals surface area contributed by atoms with Crippen LogP contribution >= 0.6 is 11.6 Å². The summed E-state index contributed by atoms with van der Waals surface area (Å²) in [6.45, 7) is 1.53. The van der Waals surface area contributed by atoms with Crippen molar-refractivity contribution in [3.05, 3.63) is 53.6 Å². The lowest BCUT2D eigenvalue weighted by Crippen LogP contribution is -2.42. The van der Waals surface area contributed by atoms with Gasteiger partial charge in [0.05, 0.1) is 17.5 Å². The second kappa shape index (κ2) is 13.6. The zero-order chi connectivity index (χ0) is 30.6. The number of amides is 2. The number of carbonyl (C=O) groups excluding carboxylic acids is 2. The summed E-state index contributed by atoms with van der Waals surface area (Å²) in [5, 5.41) is 1.05. The molecule has 10 nitrogen and oxygen atoms in total. The maximum absolute atomic E-state index is 13.2. The molecule has 12 heteroatoms. The molecule has 0 bridgehead atoms. The third kappa shape index (κ3) is 7.11. The first-order valence-electron chi connectivity index (χ1n) is 14.8. The van der Waals surface area contributed by atoms with Crippen LogP contribution in [0.3, 0.4) is 0 Å². The van der Waals surface area contributed by atoms with E-state index in [-0.39, 0.29) is 36.3 Å². The molecule has 1 aliphatic carbocycles. The van der Waals surface area contributed by atoms with E-state index in [0.717, 1.165) is 53.6 Å². The Hall–Kier alpha value is -3.28. The van der Waals surface area contributed by atoms with Crippen molar-refractivity contribution >= 4 is 44.5 Å². The Morgan fingerprint density at radius 2 is 1.93 bits per heavy atom. The van der Waals surface area contributed by atoms with Crippen LogP contribution in [0.25, 0.3) is 22.2 Å². The first-order chi connectivity index (χ1) is 20.7. The number of nitrogens with one attached hydrogen (secondary N) is 1. The zero-order valence-electron chi connectivity index (χ0n) is 24.4. The molecule has 2 aromatic carbocycles. The zero-order valence-corrected chi connectivity index (χ0v) is 26.0. The van der Waals surface area contributed by atoms with Gasteiger partial charge in [-0.15, -0.1) is 11.6 Å². The van der Waals surface area contributed by atoms with Gasteiger partial charge in [0.15, 0.2) is 0 Å². The minimum Gasteiger partial charge on any atom is -0.491 e. The monoisotopic (exact) mass is 630 g/mol. The summed E-state index contributed by atoms with van der Waals surface area (Å²) < 4.78 is 40.9. The molecule has 0 saturated heterocycles. The highest BCUT2D eigenvalue weighted by Crippen LogP contribution is 2.47. The lowest BCUT2D eigenvalue weighted by Gasteiger charge is -2.32. The quantitative estimate of drug-likeness (QED) is 0.307. The number of rotatable bonds is 10. The van der Waals surface area contributed by atoms with Crippen molar-refractivity contribution in [2.45, 2.75) is 57.0 Å². The third-order valence-electron chi connectivity index (χ3n) is 8.45. The summed E-state index contributed by atoms with van der Waals surface area (Å²) in [5.74, 6) is 0.421. The van der Waals surface area contributed by atoms with Gasteiger partial charge in [0.1, 0.15) is 19.0 Å². The lowest BCUT2D eigenvalue weighted by molar-refractivity contribution is 0.0980. The van der Waals surface area contributed by atoms with Crippen LogP contribution in [0.4, 0.5) is 4.79 Å². The van der Waals surface area contributed by atoms with Crippen molar-refractivity contribution in [1.82, 2.24) is 14.2 Å². The predicted octanol–water partition coefficient (Wildman–Crippen LogP) is 4.83.